The Hall–Kier alpha value is -2.16. The number of carbonyl (C=O) groups excluding carboxylic acids is 2. The van der Waals surface area contributed by atoms with Gasteiger partial charge in [-0.1, -0.05) is 23.7 Å². The molecule has 7 nitrogen and oxygen atoms in total. The fourth-order valence-corrected chi connectivity index (χ4v) is 6.05. The largest absolute Gasteiger partial charge is 0.338 e. The van der Waals surface area contributed by atoms with Gasteiger partial charge in [0.2, 0.25) is 21.8 Å². The average molecular weight is 478 g/mol. The molecule has 2 aliphatic heterocycles. The van der Waals surface area contributed by atoms with Crippen molar-refractivity contribution in [2.75, 3.05) is 13.1 Å². The summed E-state index contributed by atoms with van der Waals surface area (Å²) in [7, 11) is -3.90. The minimum Gasteiger partial charge on any atom is -0.338 e. The van der Waals surface area contributed by atoms with Gasteiger partial charge < -0.3 is 9.80 Å². The molecule has 0 spiro atoms. The van der Waals surface area contributed by atoms with Crippen LogP contribution in [0, 0.1) is 0 Å². The number of benzene rings is 2. The summed E-state index contributed by atoms with van der Waals surface area (Å²) in [5.41, 5.74) is 0. The van der Waals surface area contributed by atoms with Crippen molar-refractivity contribution in [3.8, 4) is 0 Å². The summed E-state index contributed by atoms with van der Waals surface area (Å²) >= 11 is 6.00. The third-order valence-electron chi connectivity index (χ3n) is 6.53. The first-order chi connectivity index (χ1) is 15.2. The minimum atomic E-state index is -3.90. The molecule has 2 amide bonds. The van der Waals surface area contributed by atoms with Gasteiger partial charge in [-0.05, 0) is 74.6 Å². The molecule has 2 aliphatic rings. The molecule has 32 heavy (non-hydrogen) atoms. The highest BCUT2D eigenvalue weighted by Crippen LogP contribution is 2.25. The number of nitrogens with zero attached hydrogens (tertiary/aromatic N) is 2. The maximum Gasteiger partial charge on any atom is 0.245 e. The molecule has 9 heteroatoms. The number of hydrogen-bond acceptors (Lipinski definition) is 4. The number of amides is 2. The Labute approximate surface area is 193 Å². The number of likely N-dealkylation sites (tertiary alicyclic amines) is 2. The number of sulfonamides is 1. The van der Waals surface area contributed by atoms with Crippen molar-refractivity contribution in [1.29, 1.82) is 0 Å². The van der Waals surface area contributed by atoms with Crippen molar-refractivity contribution < 1.29 is 18.0 Å². The van der Waals surface area contributed by atoms with E-state index in [1.807, 2.05) is 11.8 Å². The van der Waals surface area contributed by atoms with Crippen LogP contribution in [0.25, 0.3) is 10.8 Å². The van der Waals surface area contributed by atoms with E-state index in [0.717, 1.165) is 30.0 Å². The van der Waals surface area contributed by atoms with Crippen LogP contribution in [0.5, 0.6) is 0 Å². The van der Waals surface area contributed by atoms with E-state index in [0.29, 0.717) is 24.5 Å². The molecule has 2 fully saturated rings. The number of hydrogen-bond donors (Lipinski definition) is 1. The monoisotopic (exact) mass is 477 g/mol. The van der Waals surface area contributed by atoms with Crippen LogP contribution in [-0.4, -0.2) is 61.2 Å². The fourth-order valence-electron chi connectivity index (χ4n) is 4.61. The molecular formula is C23H28ClN3O4S. The molecule has 2 saturated heterocycles. The number of fused-ring (bicyclic) bond motifs is 1. The lowest BCUT2D eigenvalue weighted by Gasteiger charge is -2.37. The summed E-state index contributed by atoms with van der Waals surface area (Å²) < 4.78 is 28.5. The van der Waals surface area contributed by atoms with Crippen LogP contribution in [0.2, 0.25) is 5.02 Å². The number of carbonyl (C=O) groups is 2. The second kappa shape index (κ2) is 9.00. The number of halogens is 1. The normalized spacial score (nSPS) is 23.0. The topological polar surface area (TPSA) is 86.8 Å². The van der Waals surface area contributed by atoms with Gasteiger partial charge in [0.05, 0.1) is 4.90 Å². The lowest BCUT2D eigenvalue weighted by atomic mass is 10.0. The predicted octanol–water partition coefficient (Wildman–Crippen LogP) is 3.16. The van der Waals surface area contributed by atoms with Crippen LogP contribution in [0.3, 0.4) is 0 Å². The molecule has 0 saturated carbocycles. The highest BCUT2D eigenvalue weighted by molar-refractivity contribution is 7.89. The van der Waals surface area contributed by atoms with E-state index >= 15 is 0 Å². The Morgan fingerprint density at radius 2 is 1.81 bits per heavy atom. The van der Waals surface area contributed by atoms with Crippen LogP contribution in [0.4, 0.5) is 0 Å². The molecule has 172 valence electrons. The quantitative estimate of drug-likeness (QED) is 0.716. The fraction of sp³-hybridized carbons (Fsp3) is 0.478. The lowest BCUT2D eigenvalue weighted by Crippen LogP contribution is -2.53. The maximum atomic E-state index is 13.0. The summed E-state index contributed by atoms with van der Waals surface area (Å²) in [6.45, 7) is 4.81. The Kier molecular flexibility index (Phi) is 6.47. The van der Waals surface area contributed by atoms with Crippen LogP contribution in [0.1, 0.15) is 39.5 Å². The second-order valence-electron chi connectivity index (χ2n) is 8.70. The zero-order chi connectivity index (χ0) is 23.0. The van der Waals surface area contributed by atoms with Crippen molar-refractivity contribution in [3.05, 3.63) is 41.4 Å². The first-order valence-electron chi connectivity index (χ1n) is 11.0. The van der Waals surface area contributed by atoms with Gasteiger partial charge in [-0.15, -0.1) is 0 Å². The zero-order valence-corrected chi connectivity index (χ0v) is 19.8. The first-order valence-corrected chi connectivity index (χ1v) is 12.9. The standard InChI is InChI=1S/C23H28ClN3O4S/c1-15-5-3-4-11-26(15)22(28)16(2)27-12-10-21(23(27)29)25-32(30,31)20-9-7-17-13-19(24)8-6-18(17)14-20/h6-9,13-16,21,25H,3-5,10-12H2,1-2H3/t15-,16+,21+/m0/s1. The summed E-state index contributed by atoms with van der Waals surface area (Å²) in [6.07, 6.45) is 3.37. The van der Waals surface area contributed by atoms with Gasteiger partial charge in [0.25, 0.3) is 0 Å². The van der Waals surface area contributed by atoms with E-state index in [2.05, 4.69) is 4.72 Å². The highest BCUT2D eigenvalue weighted by atomic mass is 35.5. The van der Waals surface area contributed by atoms with E-state index in [1.165, 1.54) is 11.0 Å². The Morgan fingerprint density at radius 1 is 1.09 bits per heavy atom. The zero-order valence-electron chi connectivity index (χ0n) is 18.3. The molecule has 4 rings (SSSR count). The van der Waals surface area contributed by atoms with E-state index in [1.54, 1.807) is 37.3 Å². The molecular weight excluding hydrogens is 450 g/mol. The van der Waals surface area contributed by atoms with E-state index in [-0.39, 0.29) is 22.8 Å². The molecule has 3 atom stereocenters. The summed E-state index contributed by atoms with van der Waals surface area (Å²) in [5.74, 6) is -0.422. The van der Waals surface area contributed by atoms with Gasteiger partial charge in [0, 0.05) is 24.2 Å². The molecule has 0 aliphatic carbocycles. The Morgan fingerprint density at radius 3 is 2.56 bits per heavy atom. The predicted molar refractivity (Wildman–Crippen MR) is 124 cm³/mol. The third-order valence-corrected chi connectivity index (χ3v) is 8.24. The highest BCUT2D eigenvalue weighted by Gasteiger charge is 2.40. The van der Waals surface area contributed by atoms with Crippen molar-refractivity contribution in [3.63, 3.8) is 0 Å². The lowest BCUT2D eigenvalue weighted by molar-refractivity contribution is -0.145. The van der Waals surface area contributed by atoms with Gasteiger partial charge in [0.15, 0.2) is 0 Å². The molecule has 1 N–H and O–H groups in total. The van der Waals surface area contributed by atoms with Crippen LogP contribution < -0.4 is 4.72 Å². The summed E-state index contributed by atoms with van der Waals surface area (Å²) in [4.78, 5) is 29.4. The number of nitrogens with one attached hydrogen (secondary N) is 1. The molecule has 0 bridgehead atoms. The van der Waals surface area contributed by atoms with Crippen molar-refractivity contribution in [1.82, 2.24) is 14.5 Å². The first kappa shape index (κ1) is 23.0. The molecule has 2 aromatic carbocycles. The van der Waals surface area contributed by atoms with E-state index in [4.69, 9.17) is 11.6 Å². The third kappa shape index (κ3) is 4.49. The maximum absolute atomic E-state index is 13.0. The van der Waals surface area contributed by atoms with Gasteiger partial charge in [-0.2, -0.15) is 4.72 Å². The molecule has 2 heterocycles. The van der Waals surface area contributed by atoms with Crippen molar-refractivity contribution in [2.24, 2.45) is 0 Å². The molecule has 0 aromatic heterocycles. The van der Waals surface area contributed by atoms with Crippen LogP contribution >= 0.6 is 11.6 Å². The molecule has 2 aromatic rings. The smallest absolute Gasteiger partial charge is 0.245 e. The van der Waals surface area contributed by atoms with Gasteiger partial charge in [-0.3, -0.25) is 9.59 Å². The van der Waals surface area contributed by atoms with Gasteiger partial charge >= 0.3 is 0 Å². The van der Waals surface area contributed by atoms with Gasteiger partial charge in [-0.25, -0.2) is 8.42 Å². The van der Waals surface area contributed by atoms with Crippen LogP contribution in [-0.2, 0) is 19.6 Å². The number of piperidine rings is 1. The number of rotatable bonds is 5. The van der Waals surface area contributed by atoms with E-state index in [9.17, 15) is 18.0 Å². The van der Waals surface area contributed by atoms with Crippen molar-refractivity contribution in [2.45, 2.75) is 62.6 Å². The molecule has 0 radical (unpaired) electrons. The summed E-state index contributed by atoms with van der Waals surface area (Å²) in [6, 6.07) is 8.66. The SMILES string of the molecule is C[C@H](C(=O)N1CCCC[C@@H]1C)N1CC[C@@H](NS(=O)(=O)c2ccc3cc(Cl)ccc3c2)C1=O. The van der Waals surface area contributed by atoms with Crippen molar-refractivity contribution >= 4 is 44.2 Å². The van der Waals surface area contributed by atoms with E-state index < -0.39 is 22.1 Å². The summed E-state index contributed by atoms with van der Waals surface area (Å²) in [5, 5.41) is 2.15. The minimum absolute atomic E-state index is 0.0674. The average Bonchev–Trinajstić information content (AvgIpc) is 3.12. The second-order valence-corrected chi connectivity index (χ2v) is 10.9. The Bertz CT molecular complexity index is 1150. The van der Waals surface area contributed by atoms with Gasteiger partial charge in [0.1, 0.15) is 12.1 Å². The Balaban J connectivity index is 1.46. The molecule has 0 unspecified atom stereocenters. The van der Waals surface area contributed by atoms with Crippen LogP contribution in [0.15, 0.2) is 41.3 Å².